The third kappa shape index (κ3) is 3.96. The van der Waals surface area contributed by atoms with Gasteiger partial charge in [0.2, 0.25) is 5.91 Å². The highest BCUT2D eigenvalue weighted by Crippen LogP contribution is 2.32. The summed E-state index contributed by atoms with van der Waals surface area (Å²) in [5.74, 6) is 0.652. The van der Waals surface area contributed by atoms with Crippen molar-refractivity contribution in [3.05, 3.63) is 73.6 Å². The number of aromatic amines is 3. The number of carbonyl (C=O) groups excluding carboxylic acids is 1. The van der Waals surface area contributed by atoms with Crippen molar-refractivity contribution >= 4 is 33.5 Å². The molecule has 36 heavy (non-hydrogen) atoms. The molecule has 5 aromatic heterocycles. The molecule has 0 radical (unpaired) electrons. The molecular weight excluding hydrogens is 452 g/mol. The van der Waals surface area contributed by atoms with Gasteiger partial charge >= 0.3 is 0 Å². The van der Waals surface area contributed by atoms with E-state index in [1.54, 1.807) is 31.0 Å². The van der Waals surface area contributed by atoms with Crippen molar-refractivity contribution in [3.63, 3.8) is 0 Å². The van der Waals surface area contributed by atoms with Crippen LogP contribution in [-0.2, 0) is 4.79 Å². The second kappa shape index (κ2) is 9.03. The molecule has 6 aromatic rings. The molecule has 0 spiro atoms. The maximum Gasteiger partial charge on any atom is 0.224 e. The van der Waals surface area contributed by atoms with Crippen LogP contribution in [-0.4, -0.2) is 36.0 Å². The van der Waals surface area contributed by atoms with E-state index in [4.69, 9.17) is 4.98 Å². The van der Waals surface area contributed by atoms with Gasteiger partial charge in [-0.3, -0.25) is 19.9 Å². The number of fused-ring (bicyclic) bond motifs is 2. The van der Waals surface area contributed by atoms with Crippen LogP contribution in [0.5, 0.6) is 0 Å². The van der Waals surface area contributed by atoms with E-state index in [-0.39, 0.29) is 5.91 Å². The van der Waals surface area contributed by atoms with Crippen LogP contribution >= 0.6 is 0 Å². The number of carbonyl (C=O) groups is 1. The summed E-state index contributed by atoms with van der Waals surface area (Å²) in [5.41, 5.74) is 7.77. The summed E-state index contributed by atoms with van der Waals surface area (Å²) in [5, 5.41) is 11.5. The number of rotatable bonds is 6. The second-order valence-electron chi connectivity index (χ2n) is 8.55. The zero-order chi connectivity index (χ0) is 24.5. The Balaban J connectivity index is 1.40. The van der Waals surface area contributed by atoms with Gasteiger partial charge in [0.05, 0.1) is 17.2 Å². The number of benzene rings is 1. The van der Waals surface area contributed by atoms with Crippen molar-refractivity contribution < 1.29 is 9.78 Å². The fraction of sp³-hybridized carbons (Fsp3) is 0.111. The molecule has 0 saturated heterocycles. The topological polar surface area (TPSA) is 126 Å². The van der Waals surface area contributed by atoms with Gasteiger partial charge in [0.25, 0.3) is 0 Å². The van der Waals surface area contributed by atoms with E-state index < -0.39 is 0 Å². The summed E-state index contributed by atoms with van der Waals surface area (Å²) in [6, 6.07) is 11.9. The van der Waals surface area contributed by atoms with E-state index in [0.717, 1.165) is 62.0 Å². The summed E-state index contributed by atoms with van der Waals surface area (Å²) < 4.78 is 0. The molecule has 9 heteroatoms. The molecular formula is C27H23N8O+. The molecule has 0 fully saturated rings. The molecule has 0 unspecified atom stereocenters. The average molecular weight is 476 g/mol. The van der Waals surface area contributed by atoms with E-state index in [1.165, 1.54) is 0 Å². The third-order valence-corrected chi connectivity index (χ3v) is 6.04. The summed E-state index contributed by atoms with van der Waals surface area (Å²) >= 11 is 0. The molecule has 0 atom stereocenters. The number of nitrogens with zero attached hydrogens (tertiary/aromatic N) is 4. The van der Waals surface area contributed by atoms with Crippen LogP contribution in [0.25, 0.3) is 55.7 Å². The van der Waals surface area contributed by atoms with E-state index in [1.807, 2.05) is 43.5 Å². The predicted octanol–water partition coefficient (Wildman–Crippen LogP) is 4.78. The Kier molecular flexibility index (Phi) is 5.42. The van der Waals surface area contributed by atoms with Gasteiger partial charge < -0.3 is 10.3 Å². The Bertz CT molecular complexity index is 1700. The van der Waals surface area contributed by atoms with Crippen LogP contribution in [0.2, 0.25) is 0 Å². The minimum Gasteiger partial charge on any atom is -0.335 e. The molecule has 0 aliphatic heterocycles. The lowest BCUT2D eigenvalue weighted by Crippen LogP contribution is -2.13. The molecule has 1 amide bonds. The molecule has 0 bridgehead atoms. The van der Waals surface area contributed by atoms with Crippen LogP contribution in [0.3, 0.4) is 0 Å². The number of imidazole rings is 1. The highest BCUT2D eigenvalue weighted by molar-refractivity contribution is 5.98. The van der Waals surface area contributed by atoms with Gasteiger partial charge in [-0.1, -0.05) is 19.1 Å². The quantitative estimate of drug-likeness (QED) is 0.319. The third-order valence-electron chi connectivity index (χ3n) is 6.04. The van der Waals surface area contributed by atoms with Gasteiger partial charge in [-0.25, -0.2) is 9.97 Å². The van der Waals surface area contributed by atoms with E-state index in [2.05, 4.69) is 41.5 Å². The Morgan fingerprint density at radius 3 is 2.81 bits per heavy atom. The number of anilines is 1. The maximum absolute atomic E-state index is 12.0. The predicted molar refractivity (Wildman–Crippen MR) is 138 cm³/mol. The van der Waals surface area contributed by atoms with Gasteiger partial charge in [0, 0.05) is 47.1 Å². The summed E-state index contributed by atoms with van der Waals surface area (Å²) in [4.78, 5) is 32.0. The van der Waals surface area contributed by atoms with Gasteiger partial charge in [-0.2, -0.15) is 5.10 Å². The number of aromatic nitrogens is 7. The zero-order valence-corrected chi connectivity index (χ0v) is 19.5. The molecule has 1 aromatic carbocycles. The van der Waals surface area contributed by atoms with Crippen molar-refractivity contribution in [1.82, 2.24) is 30.1 Å². The summed E-state index contributed by atoms with van der Waals surface area (Å²) in [6.07, 6.45) is 12.1. The number of nitrogens with one attached hydrogen (secondary N) is 4. The van der Waals surface area contributed by atoms with Crippen molar-refractivity contribution in [2.45, 2.75) is 19.8 Å². The second-order valence-corrected chi connectivity index (χ2v) is 8.55. The number of hydrogen-bond donors (Lipinski definition) is 3. The molecule has 4 N–H and O–H groups in total. The Hall–Kier alpha value is -4.92. The first kappa shape index (κ1) is 21.6. The van der Waals surface area contributed by atoms with Crippen LogP contribution in [0.1, 0.15) is 19.8 Å². The summed E-state index contributed by atoms with van der Waals surface area (Å²) in [6.45, 7) is 1.98. The van der Waals surface area contributed by atoms with Crippen molar-refractivity contribution in [2.24, 2.45) is 0 Å². The highest BCUT2D eigenvalue weighted by Gasteiger charge is 2.17. The lowest BCUT2D eigenvalue weighted by Gasteiger charge is -2.04. The van der Waals surface area contributed by atoms with Crippen LogP contribution in [0.15, 0.2) is 73.6 Å². The van der Waals surface area contributed by atoms with Gasteiger partial charge in [-0.05, 0) is 36.2 Å². The first-order valence-electron chi connectivity index (χ1n) is 11.7. The monoisotopic (exact) mass is 475 g/mol. The highest BCUT2D eigenvalue weighted by atomic mass is 16.1. The van der Waals surface area contributed by atoms with Crippen LogP contribution in [0, 0.1) is 0 Å². The minimum absolute atomic E-state index is 0.000603. The minimum atomic E-state index is 0.000603. The fourth-order valence-electron chi connectivity index (χ4n) is 4.31. The van der Waals surface area contributed by atoms with E-state index in [0.29, 0.717) is 12.2 Å². The molecule has 9 nitrogen and oxygen atoms in total. The van der Waals surface area contributed by atoms with E-state index in [9.17, 15) is 4.79 Å². The standard InChI is InChI=1S/C27H22N8O/c1-2-4-24(36)31-19-9-18(12-29-13-19)16-6-7-22-20(10-16)26(35-34-22)27-32-23-15-30-14-21(25(23)33-27)17-5-3-8-28-11-17/h3,5-15H,2,4H2,1H3,(H,31,36)(H,32,33)(H,34,35)/p+1. The molecule has 0 aliphatic carbocycles. The van der Waals surface area contributed by atoms with E-state index >= 15 is 0 Å². The maximum atomic E-state index is 12.0. The Morgan fingerprint density at radius 2 is 1.94 bits per heavy atom. The first-order valence-corrected chi connectivity index (χ1v) is 11.7. The number of amides is 1. The number of pyridine rings is 3. The van der Waals surface area contributed by atoms with Gasteiger partial charge in [0.1, 0.15) is 16.9 Å². The smallest absolute Gasteiger partial charge is 0.224 e. The number of hydrogen-bond acceptors (Lipinski definition) is 5. The molecule has 5 heterocycles. The lowest BCUT2D eigenvalue weighted by atomic mass is 10.0. The molecule has 6 rings (SSSR count). The largest absolute Gasteiger partial charge is 0.335 e. The van der Waals surface area contributed by atoms with Gasteiger partial charge in [0.15, 0.2) is 18.2 Å². The van der Waals surface area contributed by atoms with Crippen molar-refractivity contribution in [2.75, 3.05) is 5.32 Å². The normalized spacial score (nSPS) is 11.2. The Labute approximate surface area is 206 Å². The number of H-pyrrole nitrogens is 3. The summed E-state index contributed by atoms with van der Waals surface area (Å²) in [7, 11) is 0. The average Bonchev–Trinajstić information content (AvgIpc) is 3.53. The Morgan fingerprint density at radius 1 is 1.00 bits per heavy atom. The first-order chi connectivity index (χ1) is 17.7. The molecule has 0 saturated carbocycles. The SMILES string of the molecule is CCCC(=O)Nc1c[nH+]cc(-c2ccc3[nH]nc(-c4nc5c(-c6cccnc6)cncc5[nH]4)c3c2)c1. The molecule has 0 aliphatic rings. The zero-order valence-electron chi connectivity index (χ0n) is 19.5. The van der Waals surface area contributed by atoms with Crippen molar-refractivity contribution in [1.29, 1.82) is 0 Å². The lowest BCUT2D eigenvalue weighted by molar-refractivity contribution is -0.376. The van der Waals surface area contributed by atoms with Crippen molar-refractivity contribution in [3.8, 4) is 33.8 Å². The van der Waals surface area contributed by atoms with Crippen LogP contribution in [0.4, 0.5) is 5.69 Å². The van der Waals surface area contributed by atoms with Crippen LogP contribution < -0.4 is 10.3 Å². The fourth-order valence-corrected chi connectivity index (χ4v) is 4.31. The molecule has 176 valence electrons. The van der Waals surface area contributed by atoms with Gasteiger partial charge in [-0.15, -0.1) is 0 Å².